The molecule has 29 heavy (non-hydrogen) atoms. The molecular formula is C19H24N6O4. The van der Waals surface area contributed by atoms with Gasteiger partial charge >= 0.3 is 5.69 Å². The summed E-state index contributed by atoms with van der Waals surface area (Å²) in [6.45, 7) is 2.29. The van der Waals surface area contributed by atoms with E-state index in [2.05, 4.69) is 15.2 Å². The highest BCUT2D eigenvalue weighted by Crippen LogP contribution is 2.24. The Hall–Kier alpha value is -3.14. The molecule has 4 heterocycles. The summed E-state index contributed by atoms with van der Waals surface area (Å²) in [7, 11) is 2.96. The van der Waals surface area contributed by atoms with Gasteiger partial charge < -0.3 is 14.3 Å². The zero-order valence-electron chi connectivity index (χ0n) is 16.5. The van der Waals surface area contributed by atoms with E-state index in [4.69, 9.17) is 4.42 Å². The van der Waals surface area contributed by atoms with Gasteiger partial charge in [0.25, 0.3) is 5.56 Å². The third-order valence-corrected chi connectivity index (χ3v) is 5.48. The topological polar surface area (TPSA) is 107 Å². The molecule has 1 aliphatic rings. The molecule has 3 aromatic heterocycles. The van der Waals surface area contributed by atoms with E-state index in [1.54, 1.807) is 13.3 Å². The number of amides is 1. The van der Waals surface area contributed by atoms with Crippen molar-refractivity contribution in [3.05, 3.63) is 51.3 Å². The number of carbonyl (C=O) groups excluding carboxylic acids is 1. The molecule has 154 valence electrons. The minimum atomic E-state index is -0.473. The lowest BCUT2D eigenvalue weighted by Crippen LogP contribution is -2.39. The number of carbonyl (C=O) groups is 1. The summed E-state index contributed by atoms with van der Waals surface area (Å²) in [5.74, 6) is 0.583. The van der Waals surface area contributed by atoms with E-state index in [0.29, 0.717) is 6.54 Å². The first kappa shape index (κ1) is 19.2. The summed E-state index contributed by atoms with van der Waals surface area (Å²) in [6.07, 6.45) is 5.32. The van der Waals surface area contributed by atoms with Gasteiger partial charge in [0.15, 0.2) is 11.2 Å². The Morgan fingerprint density at radius 1 is 1.24 bits per heavy atom. The molecule has 10 heteroatoms. The lowest BCUT2D eigenvalue weighted by molar-refractivity contribution is -0.121. The van der Waals surface area contributed by atoms with Crippen LogP contribution in [0.3, 0.4) is 0 Å². The fourth-order valence-corrected chi connectivity index (χ4v) is 3.88. The molecule has 1 fully saturated rings. The zero-order valence-corrected chi connectivity index (χ0v) is 16.5. The monoisotopic (exact) mass is 400 g/mol. The van der Waals surface area contributed by atoms with Crippen molar-refractivity contribution in [2.24, 2.45) is 14.1 Å². The standard InChI is InChI=1S/C19H24N6O4/c1-22-17-16(18(27)23(2)19(22)28)25(12-21-17)11-15(26)20-10-13(14-6-5-9-29-14)24-7-3-4-8-24/h5-6,9,12-13H,3-4,7-8,10-11H2,1-2H3,(H,20,26)/t13-/m1/s1. The van der Waals surface area contributed by atoms with Crippen molar-refractivity contribution >= 4 is 17.1 Å². The molecule has 1 N–H and O–H groups in total. The number of likely N-dealkylation sites (tertiary alicyclic amines) is 1. The molecule has 0 aromatic carbocycles. The fourth-order valence-electron chi connectivity index (χ4n) is 3.88. The molecule has 0 saturated carbocycles. The van der Waals surface area contributed by atoms with Crippen molar-refractivity contribution in [3.63, 3.8) is 0 Å². The quantitative estimate of drug-likeness (QED) is 0.623. The Morgan fingerprint density at radius 3 is 2.69 bits per heavy atom. The second-order valence-corrected chi connectivity index (χ2v) is 7.33. The maximum Gasteiger partial charge on any atom is 0.332 e. The van der Waals surface area contributed by atoms with Gasteiger partial charge in [0.05, 0.1) is 18.6 Å². The highest BCUT2D eigenvalue weighted by molar-refractivity contribution is 5.78. The number of nitrogens with one attached hydrogen (secondary N) is 1. The summed E-state index contributed by atoms with van der Waals surface area (Å²) in [6, 6.07) is 3.74. The van der Waals surface area contributed by atoms with Crippen LogP contribution >= 0.6 is 0 Å². The highest BCUT2D eigenvalue weighted by atomic mass is 16.3. The highest BCUT2D eigenvalue weighted by Gasteiger charge is 2.26. The lowest BCUT2D eigenvalue weighted by Gasteiger charge is -2.26. The maximum atomic E-state index is 12.6. The van der Waals surface area contributed by atoms with Crippen molar-refractivity contribution in [3.8, 4) is 0 Å². The minimum absolute atomic E-state index is 0.0235. The van der Waals surface area contributed by atoms with Crippen LogP contribution < -0.4 is 16.6 Å². The predicted molar refractivity (Wildman–Crippen MR) is 105 cm³/mol. The molecule has 0 bridgehead atoms. The molecule has 10 nitrogen and oxygen atoms in total. The van der Waals surface area contributed by atoms with Gasteiger partial charge in [-0.3, -0.25) is 23.6 Å². The molecular weight excluding hydrogens is 376 g/mol. The number of aromatic nitrogens is 4. The van der Waals surface area contributed by atoms with Gasteiger partial charge in [-0.15, -0.1) is 0 Å². The Balaban J connectivity index is 1.51. The van der Waals surface area contributed by atoms with Crippen LogP contribution in [0, 0.1) is 0 Å². The van der Waals surface area contributed by atoms with E-state index in [-0.39, 0.29) is 29.7 Å². The maximum absolute atomic E-state index is 12.6. The Bertz CT molecular complexity index is 1130. The smallest absolute Gasteiger partial charge is 0.332 e. The average Bonchev–Trinajstić information content (AvgIpc) is 3.47. The average molecular weight is 400 g/mol. The van der Waals surface area contributed by atoms with Crippen LogP contribution in [0.5, 0.6) is 0 Å². The Morgan fingerprint density at radius 2 is 2.00 bits per heavy atom. The van der Waals surface area contributed by atoms with Crippen molar-refractivity contribution in [2.45, 2.75) is 25.4 Å². The third-order valence-electron chi connectivity index (χ3n) is 5.48. The van der Waals surface area contributed by atoms with Crippen molar-refractivity contribution < 1.29 is 9.21 Å². The van der Waals surface area contributed by atoms with Crippen molar-refractivity contribution in [1.29, 1.82) is 0 Å². The number of furan rings is 1. The summed E-state index contributed by atoms with van der Waals surface area (Å²) >= 11 is 0. The van der Waals surface area contributed by atoms with Crippen LogP contribution in [0.25, 0.3) is 11.2 Å². The number of rotatable bonds is 6. The molecule has 1 aliphatic heterocycles. The Labute approximate surface area is 166 Å². The number of hydrogen-bond acceptors (Lipinski definition) is 6. The van der Waals surface area contributed by atoms with E-state index < -0.39 is 11.2 Å². The summed E-state index contributed by atoms with van der Waals surface area (Å²) < 4.78 is 9.36. The summed E-state index contributed by atoms with van der Waals surface area (Å²) in [5.41, 5.74) is -0.439. The first-order valence-corrected chi connectivity index (χ1v) is 9.62. The van der Waals surface area contributed by atoms with Crippen LogP contribution in [0.1, 0.15) is 24.6 Å². The van der Waals surface area contributed by atoms with E-state index in [0.717, 1.165) is 36.3 Å². The zero-order chi connectivity index (χ0) is 20.5. The lowest BCUT2D eigenvalue weighted by atomic mass is 10.2. The number of fused-ring (bicyclic) bond motifs is 1. The SMILES string of the molecule is Cn1c(=O)c2c(ncn2CC(=O)NC[C@H](c2ccco2)N2CCCC2)n(C)c1=O. The normalized spacial score (nSPS) is 15.8. The van der Waals surface area contributed by atoms with Gasteiger partial charge in [-0.1, -0.05) is 0 Å². The summed E-state index contributed by atoms with van der Waals surface area (Å²) in [4.78, 5) is 43.6. The van der Waals surface area contributed by atoms with Crippen LogP contribution in [0.15, 0.2) is 38.7 Å². The van der Waals surface area contributed by atoms with Crippen molar-refractivity contribution in [2.75, 3.05) is 19.6 Å². The molecule has 1 atom stereocenters. The molecule has 4 rings (SSSR count). The van der Waals surface area contributed by atoms with Crippen LogP contribution in [-0.4, -0.2) is 49.1 Å². The van der Waals surface area contributed by atoms with Gasteiger partial charge in [0.1, 0.15) is 12.3 Å². The number of aryl methyl sites for hydroxylation is 1. The van der Waals surface area contributed by atoms with Crippen LogP contribution in [0.4, 0.5) is 0 Å². The first-order chi connectivity index (χ1) is 14.0. The van der Waals surface area contributed by atoms with Crippen LogP contribution in [-0.2, 0) is 25.4 Å². The number of imidazole rings is 1. The van der Waals surface area contributed by atoms with Gasteiger partial charge in [-0.25, -0.2) is 9.78 Å². The molecule has 1 amide bonds. The first-order valence-electron chi connectivity index (χ1n) is 9.62. The number of hydrogen-bond donors (Lipinski definition) is 1. The minimum Gasteiger partial charge on any atom is -0.468 e. The molecule has 3 aromatic rings. The van der Waals surface area contributed by atoms with E-state index in [1.165, 1.54) is 22.5 Å². The van der Waals surface area contributed by atoms with Crippen molar-refractivity contribution in [1.82, 2.24) is 28.9 Å². The predicted octanol–water partition coefficient (Wildman–Crippen LogP) is -0.0200. The fraction of sp³-hybridized carbons (Fsp3) is 0.474. The summed E-state index contributed by atoms with van der Waals surface area (Å²) in [5, 5.41) is 2.94. The van der Waals surface area contributed by atoms with Crippen LogP contribution in [0.2, 0.25) is 0 Å². The second-order valence-electron chi connectivity index (χ2n) is 7.33. The Kier molecular flexibility index (Phi) is 5.10. The van der Waals surface area contributed by atoms with E-state index in [1.807, 2.05) is 12.1 Å². The van der Waals surface area contributed by atoms with Gasteiger partial charge in [0, 0.05) is 20.6 Å². The molecule has 1 saturated heterocycles. The largest absolute Gasteiger partial charge is 0.468 e. The van der Waals surface area contributed by atoms with Gasteiger partial charge in [0.2, 0.25) is 5.91 Å². The molecule has 0 unspecified atom stereocenters. The molecule has 0 aliphatic carbocycles. The van der Waals surface area contributed by atoms with E-state index in [9.17, 15) is 14.4 Å². The van der Waals surface area contributed by atoms with Gasteiger partial charge in [-0.05, 0) is 38.1 Å². The molecule has 0 spiro atoms. The third kappa shape index (κ3) is 3.51. The molecule has 0 radical (unpaired) electrons. The van der Waals surface area contributed by atoms with Gasteiger partial charge in [-0.2, -0.15) is 0 Å². The number of nitrogens with zero attached hydrogens (tertiary/aromatic N) is 5. The second kappa shape index (κ2) is 7.70. The van der Waals surface area contributed by atoms with E-state index >= 15 is 0 Å².